The molecule has 1 rings (SSSR count). The van der Waals surface area contributed by atoms with Crippen molar-refractivity contribution in [2.75, 3.05) is 6.86 Å². The molecule has 5 heteroatoms. The lowest BCUT2D eigenvalue weighted by atomic mass is 10.5. The highest BCUT2D eigenvalue weighted by atomic mass is 79.9. The first-order valence-corrected chi connectivity index (χ1v) is 3.91. The summed E-state index contributed by atoms with van der Waals surface area (Å²) in [5, 5.41) is 0.150. The third kappa shape index (κ3) is 2.04. The molecule has 0 spiro atoms. The monoisotopic (exact) mass is 239 g/mol. The second kappa shape index (κ2) is 3.88. The van der Waals surface area contributed by atoms with Crippen molar-refractivity contribution in [3.63, 3.8) is 0 Å². The minimum absolute atomic E-state index is 0.150. The van der Waals surface area contributed by atoms with Crippen LogP contribution in [0.2, 0.25) is 5.15 Å². The van der Waals surface area contributed by atoms with E-state index in [0.717, 1.165) is 0 Å². The largest absolute Gasteiger partial charge is 0.458 e. The van der Waals surface area contributed by atoms with E-state index < -0.39 is 6.86 Å². The van der Waals surface area contributed by atoms with Crippen molar-refractivity contribution in [2.45, 2.75) is 0 Å². The summed E-state index contributed by atoms with van der Waals surface area (Å²) >= 11 is 8.71. The van der Waals surface area contributed by atoms with Crippen molar-refractivity contribution >= 4 is 27.5 Å². The van der Waals surface area contributed by atoms with Gasteiger partial charge in [0, 0.05) is 6.20 Å². The van der Waals surface area contributed by atoms with E-state index in [9.17, 15) is 4.39 Å². The lowest BCUT2D eigenvalue weighted by Crippen LogP contribution is -1.92. The van der Waals surface area contributed by atoms with Crippen molar-refractivity contribution in [3.8, 4) is 5.75 Å². The fourth-order valence-electron chi connectivity index (χ4n) is 0.584. The zero-order valence-corrected chi connectivity index (χ0v) is 7.69. The summed E-state index contributed by atoms with van der Waals surface area (Å²) in [4.78, 5) is 3.70. The number of pyridine rings is 1. The molecule has 0 bridgehead atoms. The van der Waals surface area contributed by atoms with Gasteiger partial charge in [-0.25, -0.2) is 9.37 Å². The summed E-state index contributed by atoms with van der Waals surface area (Å²) in [6.45, 7) is -0.913. The Bertz CT molecular complexity index is 238. The van der Waals surface area contributed by atoms with Crippen LogP contribution in [0.25, 0.3) is 0 Å². The van der Waals surface area contributed by atoms with Crippen molar-refractivity contribution in [2.24, 2.45) is 0 Å². The first kappa shape index (κ1) is 8.74. The number of aromatic nitrogens is 1. The molecule has 0 radical (unpaired) electrons. The minimum Gasteiger partial charge on any atom is -0.458 e. The van der Waals surface area contributed by atoms with Gasteiger partial charge in [0.05, 0.1) is 4.47 Å². The van der Waals surface area contributed by atoms with E-state index in [2.05, 4.69) is 25.7 Å². The summed E-state index contributed by atoms with van der Waals surface area (Å²) < 4.78 is 16.9. The normalized spacial score (nSPS) is 9.73. The summed E-state index contributed by atoms with van der Waals surface area (Å²) in [5.74, 6) is 0.233. The number of rotatable bonds is 2. The predicted molar refractivity (Wildman–Crippen MR) is 43.6 cm³/mol. The van der Waals surface area contributed by atoms with Gasteiger partial charge in [0.15, 0.2) is 10.9 Å². The van der Waals surface area contributed by atoms with Gasteiger partial charge in [0.1, 0.15) is 0 Å². The van der Waals surface area contributed by atoms with Crippen LogP contribution >= 0.6 is 27.5 Å². The van der Waals surface area contributed by atoms with Gasteiger partial charge in [-0.15, -0.1) is 0 Å². The zero-order chi connectivity index (χ0) is 8.27. The number of hydrogen-bond donors (Lipinski definition) is 0. The van der Waals surface area contributed by atoms with Crippen LogP contribution in [0.15, 0.2) is 16.7 Å². The molecule has 0 N–H and O–H groups in total. The third-order valence-corrected chi connectivity index (χ3v) is 1.91. The number of halogens is 3. The molecule has 0 aliphatic rings. The molecule has 2 nitrogen and oxygen atoms in total. The van der Waals surface area contributed by atoms with E-state index in [1.165, 1.54) is 6.20 Å². The molecule has 0 aliphatic carbocycles. The molecule has 60 valence electrons. The molecule has 0 saturated heterocycles. The van der Waals surface area contributed by atoms with Crippen LogP contribution in [-0.4, -0.2) is 11.8 Å². The predicted octanol–water partition coefficient (Wildman–Crippen LogP) is 2.80. The van der Waals surface area contributed by atoms with Crippen LogP contribution in [0.4, 0.5) is 4.39 Å². The summed E-state index contributed by atoms with van der Waals surface area (Å²) in [5.41, 5.74) is 0. The Morgan fingerprint density at radius 1 is 1.73 bits per heavy atom. The topological polar surface area (TPSA) is 22.1 Å². The third-order valence-electron chi connectivity index (χ3n) is 1.01. The fraction of sp³-hybridized carbons (Fsp3) is 0.167. The Hall–Kier alpha value is -0.350. The Kier molecular flexibility index (Phi) is 3.08. The molecule has 1 heterocycles. The van der Waals surface area contributed by atoms with Gasteiger partial charge < -0.3 is 4.74 Å². The van der Waals surface area contributed by atoms with Crippen LogP contribution in [0.3, 0.4) is 0 Å². The Morgan fingerprint density at radius 3 is 3.00 bits per heavy atom. The van der Waals surface area contributed by atoms with Crippen LogP contribution in [-0.2, 0) is 0 Å². The molecule has 1 aromatic rings. The zero-order valence-electron chi connectivity index (χ0n) is 5.35. The molecule has 0 unspecified atom stereocenters. The van der Waals surface area contributed by atoms with Gasteiger partial charge in [-0.05, 0) is 22.0 Å². The Balaban J connectivity index is 3.00. The molecule has 11 heavy (non-hydrogen) atoms. The summed E-state index contributed by atoms with van der Waals surface area (Å²) in [6, 6.07) is 1.62. The van der Waals surface area contributed by atoms with E-state index >= 15 is 0 Å². The van der Waals surface area contributed by atoms with Crippen molar-refractivity contribution in [1.82, 2.24) is 4.98 Å². The average Bonchev–Trinajstić information content (AvgIpc) is 1.97. The smallest absolute Gasteiger partial charge is 0.228 e. The Morgan fingerprint density at radius 2 is 2.45 bits per heavy atom. The lowest BCUT2D eigenvalue weighted by Gasteiger charge is -2.03. The summed E-state index contributed by atoms with van der Waals surface area (Å²) in [6.07, 6.45) is 1.50. The van der Waals surface area contributed by atoms with Gasteiger partial charge in [0.2, 0.25) is 6.86 Å². The number of alkyl halides is 1. The average molecular weight is 240 g/mol. The van der Waals surface area contributed by atoms with E-state index in [0.29, 0.717) is 4.47 Å². The van der Waals surface area contributed by atoms with Crippen molar-refractivity contribution in [1.29, 1.82) is 0 Å². The van der Waals surface area contributed by atoms with E-state index in [4.69, 9.17) is 11.6 Å². The molecule has 0 saturated carbocycles. The van der Waals surface area contributed by atoms with Crippen molar-refractivity contribution in [3.05, 3.63) is 21.9 Å². The standard InChI is InChI=1S/C6H4BrClFNO/c7-4-1-2-10-6(8)5(4)11-3-9/h1-2H,3H2. The SMILES string of the molecule is FCOc1c(Br)ccnc1Cl. The maximum atomic E-state index is 11.7. The fourth-order valence-corrected chi connectivity index (χ4v) is 1.33. The maximum Gasteiger partial charge on any atom is 0.228 e. The van der Waals surface area contributed by atoms with Crippen molar-refractivity contribution < 1.29 is 9.13 Å². The second-order valence-electron chi connectivity index (χ2n) is 1.67. The molecule has 0 amide bonds. The molecule has 0 aromatic carbocycles. The molecular formula is C6H4BrClFNO. The van der Waals surface area contributed by atoms with Gasteiger partial charge in [-0.2, -0.15) is 0 Å². The summed E-state index contributed by atoms with van der Waals surface area (Å²) in [7, 11) is 0. The molecular weight excluding hydrogens is 236 g/mol. The molecule has 0 atom stereocenters. The van der Waals surface area contributed by atoms with Crippen LogP contribution in [0, 0.1) is 0 Å². The minimum atomic E-state index is -0.913. The quantitative estimate of drug-likeness (QED) is 0.742. The van der Waals surface area contributed by atoms with E-state index in [1.54, 1.807) is 6.07 Å². The van der Waals surface area contributed by atoms with E-state index in [1.807, 2.05) is 0 Å². The lowest BCUT2D eigenvalue weighted by molar-refractivity contribution is 0.190. The first-order valence-electron chi connectivity index (χ1n) is 2.74. The van der Waals surface area contributed by atoms with Crippen LogP contribution in [0.1, 0.15) is 0 Å². The maximum absolute atomic E-state index is 11.7. The highest BCUT2D eigenvalue weighted by molar-refractivity contribution is 9.10. The van der Waals surface area contributed by atoms with Gasteiger partial charge in [0.25, 0.3) is 0 Å². The van der Waals surface area contributed by atoms with Gasteiger partial charge >= 0.3 is 0 Å². The first-order chi connectivity index (χ1) is 5.25. The molecule has 0 fully saturated rings. The molecule has 0 aliphatic heterocycles. The van der Waals surface area contributed by atoms with Gasteiger partial charge in [-0.3, -0.25) is 0 Å². The van der Waals surface area contributed by atoms with Crippen LogP contribution < -0.4 is 4.74 Å². The van der Waals surface area contributed by atoms with E-state index in [-0.39, 0.29) is 10.9 Å². The highest BCUT2D eigenvalue weighted by Crippen LogP contribution is 2.30. The number of ether oxygens (including phenoxy) is 1. The Labute approximate surface area is 76.5 Å². The highest BCUT2D eigenvalue weighted by Gasteiger charge is 2.06. The second-order valence-corrected chi connectivity index (χ2v) is 2.88. The van der Waals surface area contributed by atoms with Gasteiger partial charge in [-0.1, -0.05) is 11.6 Å². The number of nitrogens with zero attached hydrogens (tertiary/aromatic N) is 1. The molecule has 1 aromatic heterocycles. The number of hydrogen-bond acceptors (Lipinski definition) is 2. The van der Waals surface area contributed by atoms with Crippen LogP contribution in [0.5, 0.6) is 5.75 Å².